The van der Waals surface area contributed by atoms with Crippen LogP contribution in [0.4, 0.5) is 0 Å². The SMILES string of the molecule is Cc1cccc(-n2cccc2-c2ccc3ncc(CN)n3c2)n1. The molecule has 0 atom stereocenters. The molecule has 0 aliphatic rings. The van der Waals surface area contributed by atoms with Crippen LogP contribution in [0, 0.1) is 6.92 Å². The summed E-state index contributed by atoms with van der Waals surface area (Å²) >= 11 is 0. The maximum absolute atomic E-state index is 5.79. The van der Waals surface area contributed by atoms with Gasteiger partial charge in [-0.1, -0.05) is 6.07 Å². The summed E-state index contributed by atoms with van der Waals surface area (Å²) in [6.45, 7) is 2.46. The van der Waals surface area contributed by atoms with Crippen LogP contribution in [0.25, 0.3) is 22.7 Å². The highest BCUT2D eigenvalue weighted by Gasteiger charge is 2.09. The van der Waals surface area contributed by atoms with Crippen LogP contribution in [0.3, 0.4) is 0 Å². The van der Waals surface area contributed by atoms with Crippen molar-refractivity contribution in [2.75, 3.05) is 0 Å². The number of nitrogens with zero attached hydrogens (tertiary/aromatic N) is 4. The van der Waals surface area contributed by atoms with E-state index in [1.807, 2.05) is 54.0 Å². The topological polar surface area (TPSA) is 61.1 Å². The Morgan fingerprint density at radius 3 is 2.83 bits per heavy atom. The molecule has 4 heterocycles. The Balaban J connectivity index is 1.87. The Morgan fingerprint density at radius 2 is 2.00 bits per heavy atom. The number of hydrogen-bond donors (Lipinski definition) is 1. The van der Waals surface area contributed by atoms with E-state index >= 15 is 0 Å². The second kappa shape index (κ2) is 5.37. The molecule has 0 fully saturated rings. The first-order chi connectivity index (χ1) is 11.3. The number of imidazole rings is 1. The Hall–Kier alpha value is -2.92. The van der Waals surface area contributed by atoms with E-state index in [2.05, 4.69) is 32.9 Å². The average molecular weight is 303 g/mol. The smallest absolute Gasteiger partial charge is 0.137 e. The van der Waals surface area contributed by atoms with Gasteiger partial charge in [-0.3, -0.25) is 0 Å². The molecule has 0 amide bonds. The number of nitrogens with two attached hydrogens (primary N) is 1. The highest BCUT2D eigenvalue weighted by Crippen LogP contribution is 2.24. The molecule has 114 valence electrons. The van der Waals surface area contributed by atoms with Crippen LogP contribution in [-0.2, 0) is 6.54 Å². The third-order valence-electron chi connectivity index (χ3n) is 3.96. The molecule has 4 aromatic rings. The van der Waals surface area contributed by atoms with Gasteiger partial charge >= 0.3 is 0 Å². The number of pyridine rings is 2. The fraction of sp³-hybridized carbons (Fsp3) is 0.111. The zero-order valence-electron chi connectivity index (χ0n) is 12.8. The quantitative estimate of drug-likeness (QED) is 0.633. The summed E-state index contributed by atoms with van der Waals surface area (Å²) in [4.78, 5) is 8.98. The average Bonchev–Trinajstić information content (AvgIpc) is 3.21. The van der Waals surface area contributed by atoms with Crippen LogP contribution < -0.4 is 5.73 Å². The van der Waals surface area contributed by atoms with Crippen molar-refractivity contribution in [2.24, 2.45) is 5.73 Å². The number of aryl methyl sites for hydroxylation is 1. The number of hydrogen-bond acceptors (Lipinski definition) is 3. The lowest BCUT2D eigenvalue weighted by atomic mass is 10.2. The van der Waals surface area contributed by atoms with Gasteiger partial charge in [0.2, 0.25) is 0 Å². The van der Waals surface area contributed by atoms with Gasteiger partial charge in [-0.05, 0) is 43.3 Å². The van der Waals surface area contributed by atoms with E-state index in [4.69, 9.17) is 5.73 Å². The molecular weight excluding hydrogens is 286 g/mol. The Kier molecular flexibility index (Phi) is 3.20. The van der Waals surface area contributed by atoms with Gasteiger partial charge in [0.05, 0.1) is 17.6 Å². The van der Waals surface area contributed by atoms with Gasteiger partial charge in [-0.2, -0.15) is 0 Å². The van der Waals surface area contributed by atoms with Crippen molar-refractivity contribution in [3.8, 4) is 17.1 Å². The fourth-order valence-corrected chi connectivity index (χ4v) is 2.81. The van der Waals surface area contributed by atoms with E-state index in [1.54, 1.807) is 0 Å². The summed E-state index contributed by atoms with van der Waals surface area (Å²) < 4.78 is 4.13. The van der Waals surface area contributed by atoms with Crippen LogP contribution in [0.15, 0.2) is 61.1 Å². The predicted molar refractivity (Wildman–Crippen MR) is 90.4 cm³/mol. The fourth-order valence-electron chi connectivity index (χ4n) is 2.81. The Labute approximate surface area is 134 Å². The number of rotatable bonds is 3. The van der Waals surface area contributed by atoms with Crippen molar-refractivity contribution < 1.29 is 0 Å². The van der Waals surface area contributed by atoms with Gasteiger partial charge in [0.25, 0.3) is 0 Å². The van der Waals surface area contributed by atoms with Crippen molar-refractivity contribution in [2.45, 2.75) is 13.5 Å². The lowest BCUT2D eigenvalue weighted by molar-refractivity contribution is 0.955. The summed E-state index contributed by atoms with van der Waals surface area (Å²) in [6.07, 6.45) is 5.92. The van der Waals surface area contributed by atoms with E-state index in [-0.39, 0.29) is 0 Å². The zero-order chi connectivity index (χ0) is 15.8. The molecule has 0 radical (unpaired) electrons. The first-order valence-corrected chi connectivity index (χ1v) is 7.54. The molecule has 0 spiro atoms. The van der Waals surface area contributed by atoms with E-state index in [0.717, 1.165) is 34.1 Å². The highest BCUT2D eigenvalue weighted by atomic mass is 15.1. The summed E-state index contributed by atoms with van der Waals surface area (Å²) in [5.74, 6) is 0.912. The summed E-state index contributed by atoms with van der Waals surface area (Å²) in [7, 11) is 0. The van der Waals surface area contributed by atoms with Crippen LogP contribution in [0.5, 0.6) is 0 Å². The molecule has 5 heteroatoms. The zero-order valence-corrected chi connectivity index (χ0v) is 12.8. The minimum Gasteiger partial charge on any atom is -0.325 e. The van der Waals surface area contributed by atoms with Crippen molar-refractivity contribution in [1.29, 1.82) is 0 Å². The van der Waals surface area contributed by atoms with E-state index in [1.165, 1.54) is 0 Å². The molecule has 4 aromatic heterocycles. The minimum absolute atomic E-state index is 0.463. The monoisotopic (exact) mass is 303 g/mol. The van der Waals surface area contributed by atoms with E-state index in [0.29, 0.717) is 6.54 Å². The highest BCUT2D eigenvalue weighted by molar-refractivity contribution is 5.64. The van der Waals surface area contributed by atoms with Crippen molar-refractivity contribution in [3.05, 3.63) is 72.4 Å². The van der Waals surface area contributed by atoms with Gasteiger partial charge in [0.15, 0.2) is 0 Å². The van der Waals surface area contributed by atoms with Crippen LogP contribution >= 0.6 is 0 Å². The molecule has 0 aliphatic heterocycles. The molecule has 4 rings (SSSR count). The van der Waals surface area contributed by atoms with Crippen molar-refractivity contribution >= 4 is 5.65 Å². The lowest BCUT2D eigenvalue weighted by Gasteiger charge is -2.10. The third-order valence-corrected chi connectivity index (χ3v) is 3.96. The molecular formula is C18H17N5. The number of aromatic nitrogens is 4. The van der Waals surface area contributed by atoms with Crippen LogP contribution in [0.1, 0.15) is 11.4 Å². The predicted octanol–water partition coefficient (Wildman–Crippen LogP) is 2.95. The molecule has 0 aliphatic carbocycles. The maximum atomic E-state index is 5.79. The molecule has 0 aromatic carbocycles. The number of fused-ring (bicyclic) bond motifs is 1. The molecule has 5 nitrogen and oxygen atoms in total. The summed E-state index contributed by atoms with van der Waals surface area (Å²) in [6, 6.07) is 14.2. The molecule has 0 saturated carbocycles. The molecule has 23 heavy (non-hydrogen) atoms. The normalized spacial score (nSPS) is 11.2. The molecule has 2 N–H and O–H groups in total. The lowest BCUT2D eigenvalue weighted by Crippen LogP contribution is -2.02. The first kappa shape index (κ1) is 13.7. The molecule has 0 bridgehead atoms. The second-order valence-electron chi connectivity index (χ2n) is 5.50. The molecule has 0 unspecified atom stereocenters. The van der Waals surface area contributed by atoms with E-state index in [9.17, 15) is 0 Å². The summed E-state index contributed by atoms with van der Waals surface area (Å²) in [5.41, 5.74) is 10.9. The van der Waals surface area contributed by atoms with Gasteiger partial charge in [0, 0.05) is 30.2 Å². The Morgan fingerprint density at radius 1 is 1.09 bits per heavy atom. The van der Waals surface area contributed by atoms with Crippen molar-refractivity contribution in [1.82, 2.24) is 18.9 Å². The van der Waals surface area contributed by atoms with Gasteiger partial charge in [-0.15, -0.1) is 0 Å². The van der Waals surface area contributed by atoms with Gasteiger partial charge in [0.1, 0.15) is 11.5 Å². The third kappa shape index (κ3) is 2.31. The van der Waals surface area contributed by atoms with Gasteiger partial charge in [-0.25, -0.2) is 9.97 Å². The standard InChI is InChI=1S/C18H17N5/c1-13-4-2-6-18(21-13)22-9-3-5-16(22)14-7-8-17-20-11-15(10-19)23(17)12-14/h2-9,11-12H,10,19H2,1H3. The minimum atomic E-state index is 0.463. The largest absolute Gasteiger partial charge is 0.325 e. The maximum Gasteiger partial charge on any atom is 0.137 e. The second-order valence-corrected chi connectivity index (χ2v) is 5.50. The van der Waals surface area contributed by atoms with Crippen molar-refractivity contribution in [3.63, 3.8) is 0 Å². The van der Waals surface area contributed by atoms with Crippen LogP contribution in [-0.4, -0.2) is 18.9 Å². The Bertz CT molecular complexity index is 980. The molecule has 0 saturated heterocycles. The van der Waals surface area contributed by atoms with E-state index < -0.39 is 0 Å². The summed E-state index contributed by atoms with van der Waals surface area (Å²) in [5, 5.41) is 0. The van der Waals surface area contributed by atoms with Crippen LogP contribution in [0.2, 0.25) is 0 Å². The first-order valence-electron chi connectivity index (χ1n) is 7.54. The van der Waals surface area contributed by atoms with Gasteiger partial charge < -0.3 is 14.7 Å².